The summed E-state index contributed by atoms with van der Waals surface area (Å²) in [5.74, 6) is 0.0259. The Hall–Kier alpha value is -2.62. The highest BCUT2D eigenvalue weighted by atomic mass is 16.2. The number of carbonyl (C=O) groups is 2. The van der Waals surface area contributed by atoms with Crippen molar-refractivity contribution in [3.8, 4) is 0 Å². The van der Waals surface area contributed by atoms with Crippen LogP contribution in [-0.4, -0.2) is 11.8 Å². The Morgan fingerprint density at radius 3 is 1.33 bits per heavy atom. The van der Waals surface area contributed by atoms with Gasteiger partial charge in [0.05, 0.1) is 0 Å². The van der Waals surface area contributed by atoms with Crippen molar-refractivity contribution in [2.75, 3.05) is 10.6 Å². The van der Waals surface area contributed by atoms with Gasteiger partial charge in [-0.3, -0.25) is 9.59 Å². The third kappa shape index (κ3) is 5.71. The molecule has 4 nitrogen and oxygen atoms in total. The second-order valence-corrected chi connectivity index (χ2v) is 7.75. The number of rotatable bonds is 9. The first-order valence-electron chi connectivity index (χ1n) is 11.2. The largest absolute Gasteiger partial charge is 0.326 e. The minimum atomic E-state index is -0.0305. The third-order valence-corrected chi connectivity index (χ3v) is 5.54. The number of hydrogen-bond acceptors (Lipinski definition) is 2. The molecule has 0 radical (unpaired) electrons. The number of benzene rings is 2. The summed E-state index contributed by atoms with van der Waals surface area (Å²) in [6.07, 6.45) is 4.82. The van der Waals surface area contributed by atoms with E-state index in [9.17, 15) is 9.59 Å². The summed E-state index contributed by atoms with van der Waals surface area (Å²) in [5, 5.41) is 6.13. The van der Waals surface area contributed by atoms with Gasteiger partial charge in [-0.25, -0.2) is 0 Å². The SMILES string of the molecule is CCC(=O)Nc1c(CC)cc(Cc2cc(CC)c(NC(C)=O)c(CC)c2)cc1CC. The average molecular weight is 409 g/mol. The first-order valence-corrected chi connectivity index (χ1v) is 11.2. The van der Waals surface area contributed by atoms with Crippen molar-refractivity contribution in [2.24, 2.45) is 0 Å². The van der Waals surface area contributed by atoms with E-state index < -0.39 is 0 Å². The van der Waals surface area contributed by atoms with Gasteiger partial charge in [0.25, 0.3) is 0 Å². The molecule has 0 aliphatic heterocycles. The Labute approximate surface area is 181 Å². The van der Waals surface area contributed by atoms with Crippen LogP contribution < -0.4 is 10.6 Å². The second kappa shape index (κ2) is 11.0. The number of hydrogen-bond donors (Lipinski definition) is 2. The van der Waals surface area contributed by atoms with Gasteiger partial charge in [0.2, 0.25) is 11.8 Å². The maximum atomic E-state index is 12.0. The molecule has 0 saturated heterocycles. The molecule has 2 amide bonds. The summed E-state index contributed by atoms with van der Waals surface area (Å²) in [6.45, 7) is 11.9. The van der Waals surface area contributed by atoms with Crippen molar-refractivity contribution in [2.45, 2.75) is 80.1 Å². The summed E-state index contributed by atoms with van der Waals surface area (Å²) in [4.78, 5) is 23.7. The molecular weight excluding hydrogens is 372 g/mol. The molecule has 0 aliphatic carbocycles. The van der Waals surface area contributed by atoms with Crippen molar-refractivity contribution in [1.82, 2.24) is 0 Å². The third-order valence-electron chi connectivity index (χ3n) is 5.54. The van der Waals surface area contributed by atoms with Gasteiger partial charge >= 0.3 is 0 Å². The Kier molecular flexibility index (Phi) is 8.64. The summed E-state index contributed by atoms with van der Waals surface area (Å²) in [6, 6.07) is 8.88. The van der Waals surface area contributed by atoms with Gasteiger partial charge in [0.1, 0.15) is 0 Å². The molecule has 0 atom stereocenters. The molecule has 0 saturated carbocycles. The zero-order chi connectivity index (χ0) is 22.3. The van der Waals surface area contributed by atoms with Crippen molar-refractivity contribution in [1.29, 1.82) is 0 Å². The lowest BCUT2D eigenvalue weighted by molar-refractivity contribution is -0.116. The molecule has 0 heterocycles. The van der Waals surface area contributed by atoms with Crippen LogP contribution in [0.3, 0.4) is 0 Å². The van der Waals surface area contributed by atoms with Crippen LogP contribution in [0.25, 0.3) is 0 Å². The monoisotopic (exact) mass is 408 g/mol. The van der Waals surface area contributed by atoms with Crippen molar-refractivity contribution in [3.63, 3.8) is 0 Å². The lowest BCUT2D eigenvalue weighted by atomic mass is 9.92. The van der Waals surface area contributed by atoms with E-state index in [2.05, 4.69) is 62.6 Å². The van der Waals surface area contributed by atoms with Crippen LogP contribution in [0.2, 0.25) is 0 Å². The first kappa shape index (κ1) is 23.7. The van der Waals surface area contributed by atoms with Crippen LogP contribution in [0.1, 0.15) is 81.3 Å². The van der Waals surface area contributed by atoms with Crippen LogP contribution in [0.15, 0.2) is 24.3 Å². The Bertz CT molecular complexity index is 865. The van der Waals surface area contributed by atoms with E-state index in [-0.39, 0.29) is 11.8 Å². The van der Waals surface area contributed by atoms with Crippen LogP contribution in [0, 0.1) is 0 Å². The van der Waals surface area contributed by atoms with E-state index in [1.54, 1.807) is 6.92 Å². The Balaban J connectivity index is 2.46. The molecule has 0 fully saturated rings. The molecule has 0 unspecified atom stereocenters. The molecule has 0 bridgehead atoms. The molecule has 2 aromatic rings. The van der Waals surface area contributed by atoms with Gasteiger partial charge < -0.3 is 10.6 Å². The lowest BCUT2D eigenvalue weighted by Crippen LogP contribution is -2.14. The predicted octanol–water partition coefficient (Wildman–Crippen LogP) is 5.83. The Morgan fingerprint density at radius 2 is 1.03 bits per heavy atom. The normalized spacial score (nSPS) is 10.7. The van der Waals surface area contributed by atoms with Crippen LogP contribution in [0.5, 0.6) is 0 Å². The zero-order valence-corrected chi connectivity index (χ0v) is 19.4. The summed E-state index contributed by atoms with van der Waals surface area (Å²) in [7, 11) is 0. The fourth-order valence-electron chi connectivity index (χ4n) is 3.96. The van der Waals surface area contributed by atoms with E-state index in [1.807, 2.05) is 6.92 Å². The first-order chi connectivity index (χ1) is 14.4. The maximum Gasteiger partial charge on any atom is 0.224 e. The second-order valence-electron chi connectivity index (χ2n) is 7.75. The van der Waals surface area contributed by atoms with Crippen LogP contribution >= 0.6 is 0 Å². The Morgan fingerprint density at radius 1 is 0.667 bits per heavy atom. The number of carbonyl (C=O) groups excluding carboxylic acids is 2. The molecule has 2 N–H and O–H groups in total. The molecule has 0 aliphatic rings. The van der Waals surface area contributed by atoms with Gasteiger partial charge in [-0.05, 0) is 65.5 Å². The number of nitrogens with one attached hydrogen (secondary N) is 2. The van der Waals surface area contributed by atoms with Crippen molar-refractivity contribution in [3.05, 3.63) is 57.6 Å². The quantitative estimate of drug-likeness (QED) is 0.548. The molecule has 4 heteroatoms. The van der Waals surface area contributed by atoms with Gasteiger partial charge in [-0.1, -0.05) is 58.9 Å². The zero-order valence-electron chi connectivity index (χ0n) is 19.4. The number of amides is 2. The fourth-order valence-corrected chi connectivity index (χ4v) is 3.96. The molecule has 162 valence electrons. The summed E-state index contributed by atoms with van der Waals surface area (Å²) in [5.41, 5.74) is 9.20. The molecule has 0 aromatic heterocycles. The van der Waals surface area contributed by atoms with Crippen LogP contribution in [-0.2, 0) is 41.7 Å². The van der Waals surface area contributed by atoms with Crippen molar-refractivity contribution < 1.29 is 9.59 Å². The standard InChI is InChI=1S/C26H36N2O2/c1-7-20-13-18(14-21(8-2)25(20)27-17(6)29)12-19-15-22(9-3)26(23(10-4)16-19)28-24(30)11-5/h13-16H,7-12H2,1-6H3,(H,27,29)(H,28,30). The van der Waals surface area contributed by atoms with Gasteiger partial charge in [-0.2, -0.15) is 0 Å². The van der Waals surface area contributed by atoms with Gasteiger partial charge in [-0.15, -0.1) is 0 Å². The molecule has 30 heavy (non-hydrogen) atoms. The fraction of sp³-hybridized carbons (Fsp3) is 0.462. The van der Waals surface area contributed by atoms with Gasteiger partial charge in [0.15, 0.2) is 0 Å². The van der Waals surface area contributed by atoms with E-state index in [0.29, 0.717) is 6.42 Å². The highest BCUT2D eigenvalue weighted by Gasteiger charge is 2.14. The van der Waals surface area contributed by atoms with E-state index in [0.717, 1.165) is 43.5 Å². The average Bonchev–Trinajstić information content (AvgIpc) is 2.74. The summed E-state index contributed by atoms with van der Waals surface area (Å²) >= 11 is 0. The van der Waals surface area contributed by atoms with E-state index >= 15 is 0 Å². The molecule has 2 rings (SSSR count). The minimum Gasteiger partial charge on any atom is -0.326 e. The van der Waals surface area contributed by atoms with Gasteiger partial charge in [0, 0.05) is 24.7 Å². The smallest absolute Gasteiger partial charge is 0.224 e. The summed E-state index contributed by atoms with van der Waals surface area (Å²) < 4.78 is 0. The molecule has 2 aromatic carbocycles. The molecular formula is C26H36N2O2. The van der Waals surface area contributed by atoms with Crippen molar-refractivity contribution >= 4 is 23.2 Å². The highest BCUT2D eigenvalue weighted by Crippen LogP contribution is 2.29. The maximum absolute atomic E-state index is 12.0. The highest BCUT2D eigenvalue weighted by molar-refractivity contribution is 5.92. The van der Waals surface area contributed by atoms with Crippen LogP contribution in [0.4, 0.5) is 11.4 Å². The predicted molar refractivity (Wildman–Crippen MR) is 126 cm³/mol. The lowest BCUT2D eigenvalue weighted by Gasteiger charge is -2.18. The number of anilines is 2. The molecule has 0 spiro atoms. The number of aryl methyl sites for hydroxylation is 4. The van der Waals surface area contributed by atoms with E-state index in [4.69, 9.17) is 0 Å². The minimum absolute atomic E-state index is 0.0305. The topological polar surface area (TPSA) is 58.2 Å². The van der Waals surface area contributed by atoms with E-state index in [1.165, 1.54) is 33.4 Å².